The maximum Gasteiger partial charge on any atom is 0.455 e. The van der Waals surface area contributed by atoms with Crippen LogP contribution in [0.2, 0.25) is 0 Å². The first-order valence-corrected chi connectivity index (χ1v) is 17.7. The molecule has 4 rings (SSSR count). The molecule has 47 heavy (non-hydrogen) atoms. The highest BCUT2D eigenvalue weighted by atomic mass is 16.5. The number of amidine groups is 2. The number of benzene rings is 4. The Morgan fingerprint density at radius 3 is 1.45 bits per heavy atom. The van der Waals surface area contributed by atoms with E-state index in [-0.39, 0.29) is 12.1 Å². The molecule has 0 amide bonds. The largest absolute Gasteiger partial charge is 0.455 e. The molecule has 0 spiro atoms. The molecule has 0 radical (unpaired) electrons. The zero-order valence-electron chi connectivity index (χ0n) is 28.6. The zero-order chi connectivity index (χ0) is 32.9. The van der Waals surface area contributed by atoms with Crippen LogP contribution in [0.25, 0.3) is 0 Å². The highest BCUT2D eigenvalue weighted by Crippen LogP contribution is 2.18. The molecular formula is C42H55N4O+. The molecule has 0 aliphatic carbocycles. The Morgan fingerprint density at radius 1 is 0.596 bits per heavy atom. The van der Waals surface area contributed by atoms with Crippen molar-refractivity contribution in [3.63, 3.8) is 0 Å². The highest BCUT2D eigenvalue weighted by molar-refractivity contribution is 5.86. The van der Waals surface area contributed by atoms with Gasteiger partial charge in [-0.25, -0.2) is 14.5 Å². The zero-order valence-corrected chi connectivity index (χ0v) is 28.6. The molecular weight excluding hydrogens is 576 g/mol. The van der Waals surface area contributed by atoms with E-state index in [2.05, 4.69) is 145 Å². The Balaban J connectivity index is 1.79. The summed E-state index contributed by atoms with van der Waals surface area (Å²) < 4.78 is 9.14. The van der Waals surface area contributed by atoms with Crippen LogP contribution in [-0.4, -0.2) is 27.6 Å². The van der Waals surface area contributed by atoms with Gasteiger partial charge in [-0.2, -0.15) is 0 Å². The number of hydrogen-bond donors (Lipinski definition) is 1. The third-order valence-corrected chi connectivity index (χ3v) is 8.44. The fourth-order valence-electron chi connectivity index (χ4n) is 5.94. The molecule has 4 aromatic rings. The van der Waals surface area contributed by atoms with Crippen LogP contribution in [0.3, 0.4) is 0 Å². The lowest BCUT2D eigenvalue weighted by atomic mass is 10.0. The molecule has 0 saturated carbocycles. The van der Waals surface area contributed by atoms with Crippen molar-refractivity contribution in [3.8, 4) is 0 Å². The molecule has 5 nitrogen and oxygen atoms in total. The van der Waals surface area contributed by atoms with Crippen LogP contribution in [0.1, 0.15) is 93.9 Å². The van der Waals surface area contributed by atoms with Gasteiger partial charge in [0.1, 0.15) is 26.2 Å². The van der Waals surface area contributed by atoms with Gasteiger partial charge in [0.05, 0.1) is 6.04 Å². The van der Waals surface area contributed by atoms with Gasteiger partial charge in [-0.15, -0.1) is 0 Å². The molecule has 0 heterocycles. The summed E-state index contributed by atoms with van der Waals surface area (Å²) in [7, 11) is 0. The topological polar surface area (TPSA) is 53.9 Å². The van der Waals surface area contributed by atoms with Gasteiger partial charge in [0, 0.05) is 0 Å². The third kappa shape index (κ3) is 13.1. The standard InChI is InChI=1S/C42H55N4O/c1-3-5-7-21-31-40(30-12-6-4-2)44-41(43)47-42(45(32-36-22-13-8-14-23-36)33-37-24-15-9-16-25-37)46(34-38-26-17-10-18-27-38)35-39-28-19-11-20-29-39/h8-11,13-20,22-29,40H,3-7,12,21,30-35H2,1-2H3,(H2,43,44)/q+1. The van der Waals surface area contributed by atoms with Gasteiger partial charge >= 0.3 is 6.02 Å². The summed E-state index contributed by atoms with van der Waals surface area (Å²) in [6.45, 7) is 7.16. The van der Waals surface area contributed by atoms with Crippen molar-refractivity contribution < 1.29 is 9.31 Å². The van der Waals surface area contributed by atoms with Crippen LogP contribution < -0.4 is 5.73 Å². The number of unbranched alkanes of at least 4 members (excludes halogenated alkanes) is 5. The molecule has 5 heteroatoms. The van der Waals surface area contributed by atoms with E-state index in [1.54, 1.807) is 0 Å². The number of rotatable bonds is 18. The van der Waals surface area contributed by atoms with E-state index in [0.29, 0.717) is 32.2 Å². The fourth-order valence-corrected chi connectivity index (χ4v) is 5.94. The lowest BCUT2D eigenvalue weighted by molar-refractivity contribution is -0.572. The molecule has 1 atom stereocenters. The van der Waals surface area contributed by atoms with Crippen molar-refractivity contribution in [1.82, 2.24) is 4.90 Å². The van der Waals surface area contributed by atoms with E-state index in [1.807, 2.05) is 0 Å². The number of nitrogens with two attached hydrogens (primary N) is 1. The second-order valence-electron chi connectivity index (χ2n) is 12.5. The SMILES string of the molecule is CCCCCCC(CCCCC)N=C(N)OC(N(Cc1ccccc1)Cc1ccccc1)=[N+](Cc1ccccc1)Cc1ccccc1. The first-order chi connectivity index (χ1) is 23.1. The van der Waals surface area contributed by atoms with Crippen molar-refractivity contribution in [2.75, 3.05) is 0 Å². The normalized spacial score (nSPS) is 12.0. The second-order valence-corrected chi connectivity index (χ2v) is 12.5. The third-order valence-electron chi connectivity index (χ3n) is 8.44. The second kappa shape index (κ2) is 20.7. The number of ether oxygens (including phenoxy) is 1. The predicted molar refractivity (Wildman–Crippen MR) is 197 cm³/mol. The lowest BCUT2D eigenvalue weighted by Crippen LogP contribution is -2.42. The van der Waals surface area contributed by atoms with Gasteiger partial charge in [-0.1, -0.05) is 180 Å². The van der Waals surface area contributed by atoms with Crippen molar-refractivity contribution in [3.05, 3.63) is 144 Å². The quantitative estimate of drug-likeness (QED) is 0.0515. The molecule has 4 aromatic carbocycles. The fraction of sp³-hybridized carbons (Fsp3) is 0.381. The van der Waals surface area contributed by atoms with E-state index in [1.165, 1.54) is 60.8 Å². The van der Waals surface area contributed by atoms with Gasteiger partial charge < -0.3 is 10.5 Å². The van der Waals surface area contributed by atoms with Crippen molar-refractivity contribution >= 4 is 12.0 Å². The van der Waals surface area contributed by atoms with Crippen molar-refractivity contribution in [2.24, 2.45) is 10.7 Å². The van der Waals surface area contributed by atoms with Gasteiger partial charge in [-0.3, -0.25) is 0 Å². The minimum Gasteiger partial charge on any atom is -0.358 e. The molecule has 1 unspecified atom stereocenters. The first kappa shape index (κ1) is 35.5. The summed E-state index contributed by atoms with van der Waals surface area (Å²) in [6, 6.07) is 43.5. The Hall–Kier alpha value is -4.38. The summed E-state index contributed by atoms with van der Waals surface area (Å²) in [5.41, 5.74) is 11.6. The Bertz CT molecular complexity index is 1370. The molecule has 0 aromatic heterocycles. The highest BCUT2D eigenvalue weighted by Gasteiger charge is 2.29. The average Bonchev–Trinajstić information content (AvgIpc) is 3.10. The summed E-state index contributed by atoms with van der Waals surface area (Å²) in [6.07, 6.45) is 10.5. The lowest BCUT2D eigenvalue weighted by Gasteiger charge is -2.23. The van der Waals surface area contributed by atoms with Gasteiger partial charge in [0.25, 0.3) is 6.02 Å². The molecule has 0 saturated heterocycles. The van der Waals surface area contributed by atoms with Crippen molar-refractivity contribution in [1.29, 1.82) is 0 Å². The van der Waals surface area contributed by atoms with E-state index >= 15 is 0 Å². The molecule has 2 N–H and O–H groups in total. The molecule has 0 fully saturated rings. The number of hydrogen-bond acceptors (Lipinski definition) is 2. The van der Waals surface area contributed by atoms with E-state index in [4.69, 9.17) is 15.5 Å². The Morgan fingerprint density at radius 2 is 1.00 bits per heavy atom. The smallest absolute Gasteiger partial charge is 0.358 e. The van der Waals surface area contributed by atoms with Crippen LogP contribution in [0.5, 0.6) is 0 Å². The summed E-state index contributed by atoms with van der Waals surface area (Å²) in [5, 5.41) is 0. The minimum atomic E-state index is 0.160. The molecule has 0 bridgehead atoms. The molecule has 248 valence electrons. The van der Waals surface area contributed by atoms with E-state index in [9.17, 15) is 0 Å². The minimum absolute atomic E-state index is 0.160. The summed E-state index contributed by atoms with van der Waals surface area (Å²) in [4.78, 5) is 7.39. The first-order valence-electron chi connectivity index (χ1n) is 17.7. The van der Waals surface area contributed by atoms with E-state index < -0.39 is 0 Å². The van der Waals surface area contributed by atoms with Crippen LogP contribution in [-0.2, 0) is 30.9 Å². The molecule has 0 aliphatic heterocycles. The predicted octanol–water partition coefficient (Wildman–Crippen LogP) is 9.71. The average molecular weight is 632 g/mol. The Kier molecular flexibility index (Phi) is 15.6. The van der Waals surface area contributed by atoms with Crippen molar-refractivity contribution in [2.45, 2.75) is 104 Å². The summed E-state index contributed by atoms with van der Waals surface area (Å²) >= 11 is 0. The van der Waals surface area contributed by atoms with Crippen LogP contribution in [0, 0.1) is 0 Å². The number of nitrogens with zero attached hydrogens (tertiary/aromatic N) is 3. The number of aliphatic imine (C=N–C) groups is 1. The Labute approximate surface area is 283 Å². The summed E-state index contributed by atoms with van der Waals surface area (Å²) in [5.74, 6) is 0. The monoisotopic (exact) mass is 631 g/mol. The van der Waals surface area contributed by atoms with Gasteiger partial charge in [0.15, 0.2) is 0 Å². The van der Waals surface area contributed by atoms with E-state index in [0.717, 1.165) is 19.3 Å². The van der Waals surface area contributed by atoms with Crippen LogP contribution in [0.4, 0.5) is 0 Å². The van der Waals surface area contributed by atoms with Gasteiger partial charge in [0.2, 0.25) is 0 Å². The van der Waals surface area contributed by atoms with Gasteiger partial charge in [-0.05, 0) is 35.1 Å². The molecule has 0 aliphatic rings. The van der Waals surface area contributed by atoms with Crippen LogP contribution in [0.15, 0.2) is 126 Å². The maximum atomic E-state index is 6.82. The maximum absolute atomic E-state index is 6.82. The van der Waals surface area contributed by atoms with Crippen LogP contribution >= 0.6 is 0 Å².